The van der Waals surface area contributed by atoms with Crippen LogP contribution < -0.4 is 10.1 Å². The maximum Gasteiger partial charge on any atom is 0.251 e. The Balaban J connectivity index is 2.29. The van der Waals surface area contributed by atoms with Crippen LogP contribution in [-0.4, -0.2) is 18.7 Å². The zero-order valence-electron chi connectivity index (χ0n) is 6.87. The molecule has 1 aromatic carbocycles. The number of hydrogen-bond acceptors (Lipinski definition) is 3. The molecule has 0 amide bonds. The molecule has 64 valence electrons. The Morgan fingerprint density at radius 2 is 2.25 bits per heavy atom. The zero-order valence-corrected chi connectivity index (χ0v) is 6.87. The molecule has 1 aromatic rings. The molecule has 0 saturated heterocycles. The van der Waals surface area contributed by atoms with Gasteiger partial charge in [-0.2, -0.15) is 0 Å². The number of para-hydroxylation sites is 1. The molecule has 12 heavy (non-hydrogen) atoms. The number of nitrogens with one attached hydrogen (secondary N) is 1. The van der Waals surface area contributed by atoms with Crippen molar-refractivity contribution in [3.63, 3.8) is 0 Å². The lowest BCUT2D eigenvalue weighted by atomic mass is 9.99. The van der Waals surface area contributed by atoms with E-state index in [1.54, 1.807) is 7.05 Å². The minimum atomic E-state index is -1.11. The van der Waals surface area contributed by atoms with Crippen LogP contribution in [-0.2, 0) is 5.79 Å². The van der Waals surface area contributed by atoms with Crippen molar-refractivity contribution in [2.45, 2.75) is 5.79 Å². The van der Waals surface area contributed by atoms with E-state index in [2.05, 4.69) is 5.32 Å². The van der Waals surface area contributed by atoms with Crippen molar-refractivity contribution in [1.82, 2.24) is 5.32 Å². The Hall–Kier alpha value is -1.06. The van der Waals surface area contributed by atoms with Crippen molar-refractivity contribution in [2.75, 3.05) is 13.6 Å². The van der Waals surface area contributed by atoms with Crippen LogP contribution in [0.2, 0.25) is 0 Å². The predicted molar refractivity (Wildman–Crippen MR) is 44.9 cm³/mol. The number of likely N-dealkylation sites (N-methyl/N-ethyl adjacent to an activating group) is 1. The third kappa shape index (κ3) is 0.906. The second-order valence-corrected chi connectivity index (χ2v) is 2.91. The molecule has 1 aliphatic rings. The standard InChI is InChI=1S/C9H11NO2/c1-10-6-9(11)7-4-2-3-5-8(7)12-9/h2-5,10-11H,6H2,1H3. The van der Waals surface area contributed by atoms with E-state index in [9.17, 15) is 5.11 Å². The van der Waals surface area contributed by atoms with Crippen LogP contribution in [0.15, 0.2) is 24.3 Å². The monoisotopic (exact) mass is 165 g/mol. The van der Waals surface area contributed by atoms with Crippen LogP contribution in [0.4, 0.5) is 0 Å². The third-order valence-corrected chi connectivity index (χ3v) is 2.00. The lowest BCUT2D eigenvalue weighted by Gasteiger charge is -2.39. The molecule has 0 radical (unpaired) electrons. The van der Waals surface area contributed by atoms with Gasteiger partial charge in [0.05, 0.1) is 12.1 Å². The number of fused-ring (bicyclic) bond motifs is 1. The van der Waals surface area contributed by atoms with Crippen LogP contribution in [0, 0.1) is 0 Å². The summed E-state index contributed by atoms with van der Waals surface area (Å²) in [5, 5.41) is 12.7. The van der Waals surface area contributed by atoms with E-state index in [0.29, 0.717) is 6.54 Å². The molecule has 1 unspecified atom stereocenters. The molecule has 3 nitrogen and oxygen atoms in total. The Morgan fingerprint density at radius 1 is 1.50 bits per heavy atom. The first kappa shape index (κ1) is 7.58. The van der Waals surface area contributed by atoms with Crippen molar-refractivity contribution >= 4 is 0 Å². The fourth-order valence-corrected chi connectivity index (χ4v) is 1.44. The number of aliphatic hydroxyl groups is 1. The van der Waals surface area contributed by atoms with Gasteiger partial charge in [-0.3, -0.25) is 0 Å². The molecule has 1 aliphatic heterocycles. The highest BCUT2D eigenvalue weighted by Gasteiger charge is 2.42. The van der Waals surface area contributed by atoms with E-state index in [1.165, 1.54) is 0 Å². The first-order valence-electron chi connectivity index (χ1n) is 3.92. The highest BCUT2D eigenvalue weighted by Crippen LogP contribution is 2.41. The highest BCUT2D eigenvalue weighted by molar-refractivity contribution is 5.44. The number of ether oxygens (including phenoxy) is 1. The van der Waals surface area contributed by atoms with E-state index >= 15 is 0 Å². The summed E-state index contributed by atoms with van der Waals surface area (Å²) in [7, 11) is 1.78. The van der Waals surface area contributed by atoms with Gasteiger partial charge < -0.3 is 15.2 Å². The second kappa shape index (κ2) is 2.47. The van der Waals surface area contributed by atoms with Crippen molar-refractivity contribution in [2.24, 2.45) is 0 Å². The van der Waals surface area contributed by atoms with Crippen LogP contribution in [0.1, 0.15) is 5.56 Å². The van der Waals surface area contributed by atoms with Gasteiger partial charge in [-0.15, -0.1) is 0 Å². The molecule has 1 atom stereocenters. The molecular formula is C9H11NO2. The van der Waals surface area contributed by atoms with E-state index in [0.717, 1.165) is 11.3 Å². The minimum absolute atomic E-state index is 0.421. The van der Waals surface area contributed by atoms with E-state index in [-0.39, 0.29) is 0 Å². The first-order valence-corrected chi connectivity index (χ1v) is 3.92. The second-order valence-electron chi connectivity index (χ2n) is 2.91. The molecule has 0 aromatic heterocycles. The minimum Gasteiger partial charge on any atom is -0.456 e. The molecule has 3 heteroatoms. The highest BCUT2D eigenvalue weighted by atomic mass is 16.6. The van der Waals surface area contributed by atoms with Gasteiger partial charge in [-0.05, 0) is 19.2 Å². The van der Waals surface area contributed by atoms with Crippen molar-refractivity contribution in [3.8, 4) is 5.75 Å². The molecule has 0 bridgehead atoms. The van der Waals surface area contributed by atoms with Crippen molar-refractivity contribution in [3.05, 3.63) is 29.8 Å². The summed E-state index contributed by atoms with van der Waals surface area (Å²) in [6.45, 7) is 0.421. The third-order valence-electron chi connectivity index (χ3n) is 2.00. The summed E-state index contributed by atoms with van der Waals surface area (Å²) in [6.07, 6.45) is 0. The van der Waals surface area contributed by atoms with Crippen LogP contribution in [0.25, 0.3) is 0 Å². The molecule has 0 spiro atoms. The molecule has 2 rings (SSSR count). The summed E-state index contributed by atoms with van der Waals surface area (Å²) < 4.78 is 5.21. The predicted octanol–water partition coefficient (Wildman–Crippen LogP) is 0.443. The number of hydrogen-bond donors (Lipinski definition) is 2. The van der Waals surface area contributed by atoms with Gasteiger partial charge in [0.2, 0.25) is 0 Å². The Kier molecular flexibility index (Phi) is 1.56. The lowest BCUT2D eigenvalue weighted by molar-refractivity contribution is -0.177. The topological polar surface area (TPSA) is 41.5 Å². The number of benzene rings is 1. The molecule has 0 fully saturated rings. The number of rotatable bonds is 2. The maximum absolute atomic E-state index is 9.78. The van der Waals surface area contributed by atoms with Crippen LogP contribution >= 0.6 is 0 Å². The summed E-state index contributed by atoms with van der Waals surface area (Å²) in [6, 6.07) is 7.50. The van der Waals surface area contributed by atoms with Gasteiger partial charge in [0, 0.05) is 0 Å². The normalized spacial score (nSPS) is 25.5. The average Bonchev–Trinajstić information content (AvgIpc) is 2.04. The molecule has 0 aliphatic carbocycles. The Morgan fingerprint density at radius 3 is 2.92 bits per heavy atom. The van der Waals surface area contributed by atoms with Gasteiger partial charge in [-0.25, -0.2) is 0 Å². The van der Waals surface area contributed by atoms with Crippen molar-refractivity contribution < 1.29 is 9.84 Å². The van der Waals surface area contributed by atoms with Gasteiger partial charge >= 0.3 is 0 Å². The van der Waals surface area contributed by atoms with Crippen LogP contribution in [0.3, 0.4) is 0 Å². The van der Waals surface area contributed by atoms with Gasteiger partial charge in [0.15, 0.2) is 0 Å². The van der Waals surface area contributed by atoms with Gasteiger partial charge in [0.1, 0.15) is 5.75 Å². The van der Waals surface area contributed by atoms with E-state index in [1.807, 2.05) is 24.3 Å². The smallest absolute Gasteiger partial charge is 0.251 e. The van der Waals surface area contributed by atoms with E-state index < -0.39 is 5.79 Å². The van der Waals surface area contributed by atoms with Crippen LogP contribution in [0.5, 0.6) is 5.75 Å². The molecule has 2 N–H and O–H groups in total. The average molecular weight is 165 g/mol. The Bertz CT molecular complexity index is 300. The maximum atomic E-state index is 9.78. The molecule has 0 saturated carbocycles. The summed E-state index contributed by atoms with van der Waals surface area (Å²) in [5.41, 5.74) is 0.861. The van der Waals surface area contributed by atoms with Gasteiger partial charge in [0.25, 0.3) is 5.79 Å². The zero-order chi connectivity index (χ0) is 8.60. The summed E-state index contributed by atoms with van der Waals surface area (Å²) in [4.78, 5) is 0. The summed E-state index contributed by atoms with van der Waals surface area (Å²) >= 11 is 0. The fourth-order valence-electron chi connectivity index (χ4n) is 1.44. The largest absolute Gasteiger partial charge is 0.456 e. The van der Waals surface area contributed by atoms with E-state index in [4.69, 9.17) is 4.74 Å². The SMILES string of the molecule is CNCC1(O)Oc2ccccc21. The quantitative estimate of drug-likeness (QED) is 0.668. The molecular weight excluding hydrogens is 154 g/mol. The Labute approximate surface area is 71.0 Å². The first-order chi connectivity index (χ1) is 5.76. The van der Waals surface area contributed by atoms with Gasteiger partial charge in [-0.1, -0.05) is 12.1 Å². The summed E-state index contributed by atoms with van der Waals surface area (Å²) in [5.74, 6) is -0.332. The fraction of sp³-hybridized carbons (Fsp3) is 0.333. The molecule has 1 heterocycles. The van der Waals surface area contributed by atoms with Crippen molar-refractivity contribution in [1.29, 1.82) is 0 Å². The lowest BCUT2D eigenvalue weighted by Crippen LogP contribution is -2.48.